The number of nitrogens with one attached hydrogen (secondary N) is 1. The van der Waals surface area contributed by atoms with Crippen LogP contribution in [0.15, 0.2) is 52.9 Å². The lowest BCUT2D eigenvalue weighted by Gasteiger charge is -2.09. The molecule has 0 amide bonds. The molecule has 2 heterocycles. The normalized spacial score (nSPS) is 11.0. The molecule has 136 valence electrons. The fourth-order valence-electron chi connectivity index (χ4n) is 3.31. The minimum Gasteiger partial charge on any atom is -0.484 e. The van der Waals surface area contributed by atoms with E-state index in [-0.39, 0.29) is 17.2 Å². The van der Waals surface area contributed by atoms with Gasteiger partial charge in [-0.05, 0) is 56.4 Å². The summed E-state index contributed by atoms with van der Waals surface area (Å²) in [4.78, 5) is 12.5. The molecule has 6 nitrogen and oxygen atoms in total. The van der Waals surface area contributed by atoms with Gasteiger partial charge in [-0.2, -0.15) is 0 Å². The van der Waals surface area contributed by atoms with Gasteiger partial charge in [0.1, 0.15) is 5.75 Å². The van der Waals surface area contributed by atoms with Crippen LogP contribution in [0.5, 0.6) is 5.75 Å². The Morgan fingerprint density at radius 1 is 1.26 bits per heavy atom. The number of carbonyl (C=O) groups is 1. The number of aromatic nitrogens is 3. The van der Waals surface area contributed by atoms with Crippen LogP contribution in [0.25, 0.3) is 16.6 Å². The number of para-hydroxylation sites is 1. The summed E-state index contributed by atoms with van der Waals surface area (Å²) in [5.74, 6) is 1.01. The number of aromatic amines is 1. The van der Waals surface area contributed by atoms with Crippen molar-refractivity contribution in [2.75, 3.05) is 0 Å². The first-order chi connectivity index (χ1) is 13.0. The van der Waals surface area contributed by atoms with Gasteiger partial charge in [-0.25, -0.2) is 5.10 Å². The highest BCUT2D eigenvalue weighted by molar-refractivity contribution is 7.71. The fraction of sp³-hybridized carbons (Fsp3) is 0.150. The average molecular weight is 379 g/mol. The summed E-state index contributed by atoms with van der Waals surface area (Å²) in [6.45, 7) is 3.68. The van der Waals surface area contributed by atoms with Crippen LogP contribution in [-0.2, 0) is 6.61 Å². The lowest BCUT2D eigenvalue weighted by atomic mass is 10.1. The number of nitrogens with zero attached hydrogens (tertiary/aromatic N) is 2. The van der Waals surface area contributed by atoms with Crippen molar-refractivity contribution in [3.8, 4) is 11.4 Å². The zero-order valence-corrected chi connectivity index (χ0v) is 15.7. The molecular weight excluding hydrogens is 362 g/mol. The molecule has 1 N–H and O–H groups in total. The third-order valence-corrected chi connectivity index (χ3v) is 4.56. The molecule has 2 aromatic carbocycles. The highest BCUT2D eigenvalue weighted by Gasteiger charge is 2.19. The van der Waals surface area contributed by atoms with Crippen molar-refractivity contribution < 1.29 is 13.9 Å². The highest BCUT2D eigenvalue weighted by Crippen LogP contribution is 2.32. The molecule has 2 aromatic heterocycles. The Hall–Kier alpha value is -3.19. The maximum absolute atomic E-state index is 12.3. The Kier molecular flexibility index (Phi) is 4.37. The van der Waals surface area contributed by atoms with Crippen LogP contribution in [-0.4, -0.2) is 20.5 Å². The van der Waals surface area contributed by atoms with Crippen molar-refractivity contribution >= 4 is 28.9 Å². The topological polar surface area (TPSA) is 73.1 Å². The van der Waals surface area contributed by atoms with Gasteiger partial charge < -0.3 is 13.7 Å². The Bertz CT molecular complexity index is 1190. The molecule has 7 heteroatoms. The van der Waals surface area contributed by atoms with Crippen LogP contribution in [0.1, 0.15) is 28.9 Å². The lowest BCUT2D eigenvalue weighted by molar-refractivity contribution is 0.101. The number of ketones is 1. The fourth-order valence-corrected chi connectivity index (χ4v) is 3.45. The van der Waals surface area contributed by atoms with Crippen molar-refractivity contribution in [2.45, 2.75) is 20.5 Å². The zero-order valence-electron chi connectivity index (χ0n) is 14.9. The third-order valence-electron chi connectivity index (χ3n) is 4.39. The number of fused-ring (bicyclic) bond motifs is 1. The molecule has 27 heavy (non-hydrogen) atoms. The summed E-state index contributed by atoms with van der Waals surface area (Å²) in [6, 6.07) is 15.7. The van der Waals surface area contributed by atoms with Crippen LogP contribution >= 0.6 is 12.2 Å². The quantitative estimate of drug-likeness (QED) is 0.399. The Balaban J connectivity index is 1.79. The third kappa shape index (κ3) is 3.17. The first kappa shape index (κ1) is 17.2. The zero-order chi connectivity index (χ0) is 19.0. The van der Waals surface area contributed by atoms with E-state index < -0.39 is 0 Å². The lowest BCUT2D eigenvalue weighted by Crippen LogP contribution is -1.99. The summed E-state index contributed by atoms with van der Waals surface area (Å²) >= 11 is 4.86. The van der Waals surface area contributed by atoms with E-state index in [1.807, 2.05) is 55.5 Å². The minimum absolute atomic E-state index is 0.0161. The molecule has 0 bridgehead atoms. The molecule has 0 aliphatic rings. The van der Waals surface area contributed by atoms with Crippen molar-refractivity contribution in [3.63, 3.8) is 0 Å². The van der Waals surface area contributed by atoms with E-state index in [0.717, 1.165) is 22.3 Å². The Morgan fingerprint density at radius 3 is 2.70 bits per heavy atom. The number of carbonyl (C=O) groups excluding carboxylic acids is 1. The van der Waals surface area contributed by atoms with Gasteiger partial charge in [0, 0.05) is 22.3 Å². The molecule has 0 unspecified atom stereocenters. The summed E-state index contributed by atoms with van der Waals surface area (Å²) < 4.78 is 13.0. The van der Waals surface area contributed by atoms with Crippen LogP contribution in [0.2, 0.25) is 0 Å². The van der Waals surface area contributed by atoms with Crippen molar-refractivity contribution in [2.24, 2.45) is 0 Å². The van der Waals surface area contributed by atoms with Crippen molar-refractivity contribution in [3.05, 3.63) is 70.5 Å². The smallest absolute Gasteiger partial charge is 0.284 e. The molecule has 0 spiro atoms. The predicted octanol–water partition coefficient (Wildman–Crippen LogP) is 4.77. The summed E-state index contributed by atoms with van der Waals surface area (Å²) in [7, 11) is 0. The Morgan fingerprint density at radius 2 is 2.04 bits per heavy atom. The number of H-pyrrole nitrogens is 1. The molecular formula is C20H17N3O3S. The first-order valence-corrected chi connectivity index (χ1v) is 8.84. The van der Waals surface area contributed by atoms with Crippen molar-refractivity contribution in [1.29, 1.82) is 0 Å². The summed E-state index contributed by atoms with van der Waals surface area (Å²) in [5.41, 5.74) is 3.55. The number of hydrogen-bond donors (Lipinski definition) is 1. The number of rotatable bonds is 5. The van der Waals surface area contributed by atoms with Gasteiger partial charge in [-0.15, -0.1) is 5.10 Å². The minimum atomic E-state index is 0.0161. The number of benzene rings is 2. The average Bonchev–Trinajstić information content (AvgIpc) is 3.20. The molecule has 0 saturated heterocycles. The van der Waals surface area contributed by atoms with E-state index in [1.165, 1.54) is 0 Å². The SMILES string of the molecule is CC(=O)c1c(C)n(-c2ccccc2)c2ccc(OCc3n[nH]c(=S)o3)cc12. The number of Topliss-reactive ketones (excluding diaryl/α,β-unsaturated/α-hetero) is 1. The number of hydrogen-bond acceptors (Lipinski definition) is 5. The van der Waals surface area contributed by atoms with E-state index >= 15 is 0 Å². The second kappa shape index (κ2) is 6.85. The molecule has 0 aliphatic heterocycles. The molecule has 4 rings (SSSR count). The highest BCUT2D eigenvalue weighted by atomic mass is 32.1. The van der Waals surface area contributed by atoms with Gasteiger partial charge in [0.25, 0.3) is 10.7 Å². The summed E-state index contributed by atoms with van der Waals surface area (Å²) in [6.07, 6.45) is 0. The van der Waals surface area contributed by atoms with E-state index in [4.69, 9.17) is 21.4 Å². The van der Waals surface area contributed by atoms with Crippen LogP contribution in [0.4, 0.5) is 0 Å². The standard InChI is InChI=1S/C20H17N3O3S/c1-12-19(13(2)24)16-10-15(25-11-18-21-22-20(27)26-18)8-9-17(16)23(12)14-6-4-3-5-7-14/h3-10H,11H2,1-2H3,(H,22,27). The first-order valence-electron chi connectivity index (χ1n) is 8.43. The molecule has 0 atom stereocenters. The maximum Gasteiger partial charge on any atom is 0.284 e. The van der Waals surface area contributed by atoms with E-state index in [1.54, 1.807) is 6.92 Å². The molecule has 0 saturated carbocycles. The predicted molar refractivity (Wildman–Crippen MR) is 104 cm³/mol. The molecule has 4 aromatic rings. The molecule has 0 fully saturated rings. The van der Waals surface area contributed by atoms with Gasteiger partial charge >= 0.3 is 0 Å². The monoisotopic (exact) mass is 379 g/mol. The van der Waals surface area contributed by atoms with Gasteiger partial charge in [0.05, 0.1) is 5.52 Å². The van der Waals surface area contributed by atoms with Crippen LogP contribution < -0.4 is 4.74 Å². The maximum atomic E-state index is 12.3. The molecule has 0 aliphatic carbocycles. The van der Waals surface area contributed by atoms with Crippen molar-refractivity contribution in [1.82, 2.24) is 14.8 Å². The van der Waals surface area contributed by atoms with Gasteiger partial charge in [-0.1, -0.05) is 18.2 Å². The van der Waals surface area contributed by atoms with Gasteiger partial charge in [0.2, 0.25) is 0 Å². The van der Waals surface area contributed by atoms with Gasteiger partial charge in [-0.3, -0.25) is 4.79 Å². The number of ether oxygens (including phenoxy) is 1. The van der Waals surface area contributed by atoms with Crippen LogP contribution in [0.3, 0.4) is 0 Å². The van der Waals surface area contributed by atoms with Gasteiger partial charge in [0.15, 0.2) is 12.4 Å². The van der Waals surface area contributed by atoms with Crippen LogP contribution in [0, 0.1) is 11.8 Å². The second-order valence-electron chi connectivity index (χ2n) is 6.16. The Labute approximate surface area is 160 Å². The van der Waals surface area contributed by atoms with E-state index in [2.05, 4.69) is 14.8 Å². The largest absolute Gasteiger partial charge is 0.484 e. The molecule has 0 radical (unpaired) electrons. The summed E-state index contributed by atoms with van der Waals surface area (Å²) in [5, 5.41) is 7.33. The second-order valence-corrected chi connectivity index (χ2v) is 6.53. The van der Waals surface area contributed by atoms with E-state index in [9.17, 15) is 4.79 Å². The van der Waals surface area contributed by atoms with E-state index in [0.29, 0.717) is 17.2 Å².